The lowest BCUT2D eigenvalue weighted by Gasteiger charge is -2.14. The zero-order chi connectivity index (χ0) is 14.4. The minimum absolute atomic E-state index is 0.169. The zero-order valence-corrected chi connectivity index (χ0v) is 11.4. The van der Waals surface area contributed by atoms with Crippen LogP contribution >= 0.6 is 0 Å². The second-order valence-corrected chi connectivity index (χ2v) is 3.76. The van der Waals surface area contributed by atoms with Crippen LogP contribution in [0.1, 0.15) is 12.5 Å². The summed E-state index contributed by atoms with van der Waals surface area (Å²) in [4.78, 5) is 22.1. The van der Waals surface area contributed by atoms with E-state index < -0.39 is 11.7 Å². The van der Waals surface area contributed by atoms with Crippen LogP contribution in [-0.4, -0.2) is 33.0 Å². The Bertz CT molecular complexity index is 484. The minimum atomic E-state index is -0.642. The highest BCUT2D eigenvalue weighted by molar-refractivity contribution is 6.35. The predicted octanol–water partition coefficient (Wildman–Crippen LogP) is 0.918. The van der Waals surface area contributed by atoms with Crippen molar-refractivity contribution in [2.45, 2.75) is 13.5 Å². The van der Waals surface area contributed by atoms with Gasteiger partial charge in [-0.2, -0.15) is 0 Å². The summed E-state index contributed by atoms with van der Waals surface area (Å²) < 4.78 is 15.5. The van der Waals surface area contributed by atoms with E-state index in [9.17, 15) is 9.59 Å². The first-order chi connectivity index (χ1) is 9.03. The predicted molar refractivity (Wildman–Crippen MR) is 68.6 cm³/mol. The molecule has 104 valence electrons. The summed E-state index contributed by atoms with van der Waals surface area (Å²) in [5.74, 6) is 0.411. The summed E-state index contributed by atoms with van der Waals surface area (Å²) in [6.07, 6.45) is 0. The maximum atomic E-state index is 11.2. The first-order valence-electron chi connectivity index (χ1n) is 5.61. The molecule has 0 atom stereocenters. The van der Waals surface area contributed by atoms with Gasteiger partial charge in [-0.25, -0.2) is 0 Å². The number of carbonyl (C=O) groups is 2. The van der Waals surface area contributed by atoms with Crippen molar-refractivity contribution >= 4 is 11.7 Å². The molecule has 0 saturated heterocycles. The molecule has 6 heteroatoms. The zero-order valence-electron chi connectivity index (χ0n) is 11.4. The van der Waals surface area contributed by atoms with Gasteiger partial charge in [0.25, 0.3) is 5.91 Å². The molecule has 0 heterocycles. The number of ketones is 1. The number of carbonyl (C=O) groups excluding carboxylic acids is 2. The monoisotopic (exact) mass is 267 g/mol. The standard InChI is InChI=1S/C13H17NO5/c1-8(15)13(16)14-7-9-5-11(18-3)12(19-4)6-10(9)17-2/h5-6H,7H2,1-4H3,(H,14,16). The van der Waals surface area contributed by atoms with Gasteiger partial charge in [0.2, 0.25) is 5.78 Å². The number of hydrogen-bond acceptors (Lipinski definition) is 5. The van der Waals surface area contributed by atoms with Crippen LogP contribution in [-0.2, 0) is 16.1 Å². The average molecular weight is 267 g/mol. The molecular weight excluding hydrogens is 250 g/mol. The highest BCUT2D eigenvalue weighted by Crippen LogP contribution is 2.34. The van der Waals surface area contributed by atoms with Gasteiger partial charge in [-0.05, 0) is 6.07 Å². The van der Waals surface area contributed by atoms with Crippen LogP contribution in [0.5, 0.6) is 17.2 Å². The van der Waals surface area contributed by atoms with Gasteiger partial charge < -0.3 is 19.5 Å². The van der Waals surface area contributed by atoms with E-state index >= 15 is 0 Å². The Balaban J connectivity index is 2.98. The Morgan fingerprint density at radius 3 is 2.00 bits per heavy atom. The normalized spacial score (nSPS) is 9.68. The molecule has 0 aliphatic carbocycles. The summed E-state index contributed by atoms with van der Waals surface area (Å²) in [5, 5.41) is 2.50. The molecule has 0 aliphatic rings. The number of nitrogens with one attached hydrogen (secondary N) is 1. The van der Waals surface area contributed by atoms with Gasteiger partial charge in [0.1, 0.15) is 5.75 Å². The van der Waals surface area contributed by atoms with Crippen LogP contribution in [0.3, 0.4) is 0 Å². The van der Waals surface area contributed by atoms with Gasteiger partial charge in [-0.1, -0.05) is 0 Å². The highest BCUT2D eigenvalue weighted by Gasteiger charge is 2.13. The molecule has 1 aromatic carbocycles. The van der Waals surface area contributed by atoms with Crippen molar-refractivity contribution in [2.24, 2.45) is 0 Å². The highest BCUT2D eigenvalue weighted by atomic mass is 16.5. The lowest BCUT2D eigenvalue weighted by atomic mass is 10.1. The van der Waals surface area contributed by atoms with Crippen molar-refractivity contribution in [1.29, 1.82) is 0 Å². The van der Waals surface area contributed by atoms with Crippen molar-refractivity contribution in [3.63, 3.8) is 0 Å². The van der Waals surface area contributed by atoms with Crippen LogP contribution in [0, 0.1) is 0 Å². The Labute approximate surface area is 111 Å². The fourth-order valence-corrected chi connectivity index (χ4v) is 1.53. The number of methoxy groups -OCH3 is 3. The summed E-state index contributed by atoms with van der Waals surface area (Å²) in [6.45, 7) is 1.38. The molecule has 0 unspecified atom stereocenters. The van der Waals surface area contributed by atoms with Gasteiger partial charge in [-0.3, -0.25) is 9.59 Å². The van der Waals surface area contributed by atoms with Crippen LogP contribution in [0.4, 0.5) is 0 Å². The molecule has 0 radical (unpaired) electrons. The summed E-state index contributed by atoms with van der Waals surface area (Å²) >= 11 is 0. The third-order valence-corrected chi connectivity index (χ3v) is 2.55. The third kappa shape index (κ3) is 3.61. The van der Waals surface area contributed by atoms with Crippen molar-refractivity contribution in [2.75, 3.05) is 21.3 Å². The number of benzene rings is 1. The molecule has 0 spiro atoms. The van der Waals surface area contributed by atoms with E-state index in [4.69, 9.17) is 14.2 Å². The smallest absolute Gasteiger partial charge is 0.287 e. The fourth-order valence-electron chi connectivity index (χ4n) is 1.53. The van der Waals surface area contributed by atoms with Crippen molar-refractivity contribution in [3.05, 3.63) is 17.7 Å². The molecular formula is C13H17NO5. The largest absolute Gasteiger partial charge is 0.496 e. The second-order valence-electron chi connectivity index (χ2n) is 3.76. The van der Waals surface area contributed by atoms with E-state index in [0.29, 0.717) is 22.8 Å². The molecule has 1 aromatic rings. The maximum absolute atomic E-state index is 11.2. The van der Waals surface area contributed by atoms with Crippen LogP contribution in [0.25, 0.3) is 0 Å². The van der Waals surface area contributed by atoms with E-state index in [2.05, 4.69) is 5.32 Å². The molecule has 1 N–H and O–H groups in total. The quantitative estimate of drug-likeness (QED) is 0.776. The minimum Gasteiger partial charge on any atom is -0.496 e. The first-order valence-corrected chi connectivity index (χ1v) is 5.61. The van der Waals surface area contributed by atoms with Gasteiger partial charge in [0.05, 0.1) is 21.3 Å². The number of Topliss-reactive ketones (excluding diaryl/α,β-unsaturated/α-hetero) is 1. The van der Waals surface area contributed by atoms with E-state index in [0.717, 1.165) is 0 Å². The Morgan fingerprint density at radius 1 is 1.00 bits per heavy atom. The number of amides is 1. The lowest BCUT2D eigenvalue weighted by Crippen LogP contribution is -2.28. The van der Waals surface area contributed by atoms with Gasteiger partial charge in [0.15, 0.2) is 11.5 Å². The molecule has 19 heavy (non-hydrogen) atoms. The molecule has 0 saturated carbocycles. The first kappa shape index (κ1) is 14.8. The van der Waals surface area contributed by atoms with Crippen molar-refractivity contribution in [3.8, 4) is 17.2 Å². The van der Waals surface area contributed by atoms with E-state index in [1.54, 1.807) is 12.1 Å². The number of ether oxygens (including phenoxy) is 3. The number of rotatable bonds is 6. The molecule has 0 fully saturated rings. The SMILES string of the molecule is COc1cc(OC)c(OC)cc1CNC(=O)C(C)=O. The molecule has 1 amide bonds. The number of hydrogen-bond donors (Lipinski definition) is 1. The molecule has 0 aromatic heterocycles. The Morgan fingerprint density at radius 2 is 1.53 bits per heavy atom. The van der Waals surface area contributed by atoms with Crippen molar-refractivity contribution < 1.29 is 23.8 Å². The van der Waals surface area contributed by atoms with Gasteiger partial charge in [0, 0.05) is 25.1 Å². The second kappa shape index (κ2) is 6.63. The maximum Gasteiger partial charge on any atom is 0.287 e. The summed E-state index contributed by atoms with van der Waals surface area (Å²) in [6, 6.07) is 3.35. The van der Waals surface area contributed by atoms with E-state index in [1.807, 2.05) is 0 Å². The summed E-state index contributed by atoms with van der Waals surface area (Å²) in [7, 11) is 4.55. The Hall–Kier alpha value is -2.24. The average Bonchev–Trinajstić information content (AvgIpc) is 2.43. The molecule has 0 bridgehead atoms. The Kier molecular flexibility index (Phi) is 5.17. The molecule has 6 nitrogen and oxygen atoms in total. The van der Waals surface area contributed by atoms with Crippen molar-refractivity contribution in [1.82, 2.24) is 5.32 Å². The fraction of sp³-hybridized carbons (Fsp3) is 0.385. The van der Waals surface area contributed by atoms with Crippen LogP contribution in [0.2, 0.25) is 0 Å². The van der Waals surface area contributed by atoms with Crippen LogP contribution < -0.4 is 19.5 Å². The van der Waals surface area contributed by atoms with E-state index in [1.165, 1.54) is 28.3 Å². The topological polar surface area (TPSA) is 73.9 Å². The summed E-state index contributed by atoms with van der Waals surface area (Å²) in [5.41, 5.74) is 0.690. The van der Waals surface area contributed by atoms with Gasteiger partial charge in [-0.15, -0.1) is 0 Å². The van der Waals surface area contributed by atoms with E-state index in [-0.39, 0.29) is 6.54 Å². The third-order valence-electron chi connectivity index (χ3n) is 2.55. The molecule has 1 rings (SSSR count). The van der Waals surface area contributed by atoms with Gasteiger partial charge >= 0.3 is 0 Å². The lowest BCUT2D eigenvalue weighted by molar-refractivity contribution is -0.136. The van der Waals surface area contributed by atoms with Crippen LogP contribution in [0.15, 0.2) is 12.1 Å². The molecule has 0 aliphatic heterocycles.